The van der Waals surface area contributed by atoms with Gasteiger partial charge in [-0.25, -0.2) is 9.07 Å². The molecule has 0 aliphatic carbocycles. The Morgan fingerprint density at radius 2 is 1.83 bits per heavy atom. The smallest absolute Gasteiger partial charge is 0.275 e. The van der Waals surface area contributed by atoms with Crippen molar-refractivity contribution in [3.63, 3.8) is 0 Å². The fraction of sp³-hybridized carbons (Fsp3) is 0.318. The van der Waals surface area contributed by atoms with Gasteiger partial charge in [0.05, 0.1) is 11.6 Å². The fourth-order valence-electron chi connectivity index (χ4n) is 3.73. The van der Waals surface area contributed by atoms with Crippen LogP contribution in [0.1, 0.15) is 18.4 Å². The van der Waals surface area contributed by atoms with Gasteiger partial charge in [-0.1, -0.05) is 30.3 Å². The van der Waals surface area contributed by atoms with Crippen molar-refractivity contribution in [3.8, 4) is 0 Å². The number of rotatable bonds is 5. The number of piperidine rings is 1. The van der Waals surface area contributed by atoms with E-state index in [1.165, 1.54) is 16.8 Å². The molecule has 150 valence electrons. The van der Waals surface area contributed by atoms with Crippen LogP contribution in [0, 0.1) is 5.82 Å². The largest absolute Gasteiger partial charge is 0.352 e. The van der Waals surface area contributed by atoms with Gasteiger partial charge in [-0.2, -0.15) is 5.10 Å². The lowest BCUT2D eigenvalue weighted by atomic mass is 10.0. The number of likely N-dealkylation sites (tertiary alicyclic amines) is 1. The Labute approximate surface area is 167 Å². The highest BCUT2D eigenvalue weighted by Crippen LogP contribution is 2.14. The van der Waals surface area contributed by atoms with E-state index in [1.54, 1.807) is 30.5 Å². The number of hydrogen-bond donors (Lipinski definition) is 1. The van der Waals surface area contributed by atoms with Crippen LogP contribution in [0.5, 0.6) is 0 Å². The van der Waals surface area contributed by atoms with E-state index in [2.05, 4.69) is 15.3 Å². The molecule has 1 amide bonds. The first kappa shape index (κ1) is 19.3. The zero-order chi connectivity index (χ0) is 20.2. The van der Waals surface area contributed by atoms with Crippen LogP contribution in [0.4, 0.5) is 4.39 Å². The summed E-state index contributed by atoms with van der Waals surface area (Å²) in [5, 5.41) is 8.46. The maximum absolute atomic E-state index is 13.0. The molecule has 4 rings (SSSR count). The summed E-state index contributed by atoms with van der Waals surface area (Å²) in [5.41, 5.74) is 0.822. The number of carbonyl (C=O) groups excluding carboxylic acids is 1. The third-order valence-electron chi connectivity index (χ3n) is 5.33. The minimum Gasteiger partial charge on any atom is -0.352 e. The maximum atomic E-state index is 13.0. The van der Waals surface area contributed by atoms with Crippen molar-refractivity contribution >= 4 is 16.7 Å². The van der Waals surface area contributed by atoms with E-state index >= 15 is 0 Å². The van der Waals surface area contributed by atoms with E-state index in [4.69, 9.17) is 0 Å². The van der Waals surface area contributed by atoms with E-state index in [1.807, 2.05) is 12.1 Å². The first-order chi connectivity index (χ1) is 14.1. The van der Waals surface area contributed by atoms with Gasteiger partial charge in [0.1, 0.15) is 12.4 Å². The molecule has 2 heterocycles. The molecule has 29 heavy (non-hydrogen) atoms. The van der Waals surface area contributed by atoms with Crippen molar-refractivity contribution in [2.24, 2.45) is 0 Å². The van der Waals surface area contributed by atoms with Gasteiger partial charge >= 0.3 is 0 Å². The van der Waals surface area contributed by atoms with Crippen LogP contribution in [0.2, 0.25) is 0 Å². The minimum absolute atomic E-state index is 0.0839. The Bertz CT molecular complexity index is 1060. The van der Waals surface area contributed by atoms with Crippen molar-refractivity contribution in [1.82, 2.24) is 20.0 Å². The molecule has 0 spiro atoms. The predicted octanol–water partition coefficient (Wildman–Crippen LogP) is 2.32. The molecule has 1 N–H and O–H groups in total. The summed E-state index contributed by atoms with van der Waals surface area (Å²) in [6.07, 6.45) is 3.29. The van der Waals surface area contributed by atoms with Gasteiger partial charge in [0.15, 0.2) is 0 Å². The van der Waals surface area contributed by atoms with E-state index in [0.717, 1.165) is 43.4 Å². The first-order valence-electron chi connectivity index (χ1n) is 9.79. The third kappa shape index (κ3) is 4.68. The monoisotopic (exact) mass is 394 g/mol. The number of benzene rings is 2. The van der Waals surface area contributed by atoms with Crippen LogP contribution >= 0.6 is 0 Å². The number of hydrogen-bond acceptors (Lipinski definition) is 4. The summed E-state index contributed by atoms with van der Waals surface area (Å²) in [5.74, 6) is -0.429. The Hall–Kier alpha value is -3.06. The number of nitrogens with one attached hydrogen (secondary N) is 1. The number of amides is 1. The Morgan fingerprint density at radius 1 is 1.10 bits per heavy atom. The molecule has 2 aromatic carbocycles. The van der Waals surface area contributed by atoms with Gasteiger partial charge in [0, 0.05) is 31.1 Å². The summed E-state index contributed by atoms with van der Waals surface area (Å²) in [6.45, 7) is 2.41. The lowest BCUT2D eigenvalue weighted by Gasteiger charge is -2.32. The van der Waals surface area contributed by atoms with Crippen LogP contribution in [0.15, 0.2) is 59.5 Å². The summed E-state index contributed by atoms with van der Waals surface area (Å²) < 4.78 is 14.2. The van der Waals surface area contributed by atoms with Crippen LogP contribution in [0.25, 0.3) is 10.8 Å². The Kier molecular flexibility index (Phi) is 5.67. The SMILES string of the molecule is O=C(Cn1ncc2ccccc2c1=O)NC1CCN(Cc2ccc(F)cc2)CC1. The number of nitrogens with zero attached hydrogens (tertiary/aromatic N) is 3. The van der Waals surface area contributed by atoms with Crippen LogP contribution in [-0.4, -0.2) is 39.7 Å². The van der Waals surface area contributed by atoms with Crippen LogP contribution in [0.3, 0.4) is 0 Å². The predicted molar refractivity (Wildman–Crippen MR) is 109 cm³/mol. The molecule has 1 aromatic heterocycles. The van der Waals surface area contributed by atoms with Gasteiger partial charge in [0.2, 0.25) is 5.91 Å². The minimum atomic E-state index is -0.257. The normalized spacial score (nSPS) is 15.5. The molecule has 0 atom stereocenters. The molecule has 0 unspecified atom stereocenters. The summed E-state index contributed by atoms with van der Waals surface area (Å²) in [7, 11) is 0. The van der Waals surface area contributed by atoms with E-state index in [-0.39, 0.29) is 29.9 Å². The number of carbonyl (C=O) groups is 1. The molecule has 1 aliphatic heterocycles. The van der Waals surface area contributed by atoms with Gasteiger partial charge in [0.25, 0.3) is 5.56 Å². The second kappa shape index (κ2) is 8.53. The average Bonchev–Trinajstić information content (AvgIpc) is 2.73. The quantitative estimate of drug-likeness (QED) is 0.721. The van der Waals surface area contributed by atoms with Crippen LogP contribution < -0.4 is 10.9 Å². The van der Waals surface area contributed by atoms with Gasteiger partial charge in [-0.15, -0.1) is 0 Å². The molecule has 0 bridgehead atoms. The average molecular weight is 394 g/mol. The zero-order valence-electron chi connectivity index (χ0n) is 16.1. The molecule has 1 aliphatic rings. The molecule has 1 saturated heterocycles. The van der Waals surface area contributed by atoms with E-state index < -0.39 is 0 Å². The molecule has 0 saturated carbocycles. The number of fused-ring (bicyclic) bond motifs is 1. The molecular weight excluding hydrogens is 371 g/mol. The number of halogens is 1. The summed E-state index contributed by atoms with van der Waals surface area (Å²) in [6, 6.07) is 13.9. The molecule has 6 nitrogen and oxygen atoms in total. The second-order valence-electron chi connectivity index (χ2n) is 7.44. The lowest BCUT2D eigenvalue weighted by Crippen LogP contribution is -2.46. The second-order valence-corrected chi connectivity index (χ2v) is 7.44. The van der Waals surface area contributed by atoms with Crippen molar-refractivity contribution < 1.29 is 9.18 Å². The molecule has 3 aromatic rings. The lowest BCUT2D eigenvalue weighted by molar-refractivity contribution is -0.122. The molecule has 0 radical (unpaired) electrons. The topological polar surface area (TPSA) is 67.2 Å². The van der Waals surface area contributed by atoms with Crippen molar-refractivity contribution in [2.45, 2.75) is 32.0 Å². The third-order valence-corrected chi connectivity index (χ3v) is 5.33. The van der Waals surface area contributed by atoms with Gasteiger partial charge in [-0.05, 0) is 36.6 Å². The summed E-state index contributed by atoms with van der Waals surface area (Å²) >= 11 is 0. The molecule has 1 fully saturated rings. The molecular formula is C22H23FN4O2. The van der Waals surface area contributed by atoms with Crippen molar-refractivity contribution in [1.29, 1.82) is 0 Å². The highest BCUT2D eigenvalue weighted by atomic mass is 19.1. The first-order valence-corrected chi connectivity index (χ1v) is 9.79. The maximum Gasteiger partial charge on any atom is 0.275 e. The molecule has 7 heteroatoms. The van der Waals surface area contributed by atoms with E-state index in [9.17, 15) is 14.0 Å². The Balaban J connectivity index is 1.29. The van der Waals surface area contributed by atoms with Gasteiger partial charge in [-0.3, -0.25) is 14.5 Å². The van der Waals surface area contributed by atoms with Crippen molar-refractivity contribution in [2.75, 3.05) is 13.1 Å². The van der Waals surface area contributed by atoms with Crippen LogP contribution in [-0.2, 0) is 17.9 Å². The Morgan fingerprint density at radius 3 is 2.59 bits per heavy atom. The summed E-state index contributed by atoms with van der Waals surface area (Å²) in [4.78, 5) is 27.2. The highest BCUT2D eigenvalue weighted by Gasteiger charge is 2.21. The standard InChI is InChI=1S/C22H23FN4O2/c23-18-7-5-16(6-8-18)14-26-11-9-19(10-12-26)25-21(28)15-27-22(29)20-4-2-1-3-17(20)13-24-27/h1-8,13,19H,9-12,14-15H2,(H,25,28). The van der Waals surface area contributed by atoms with Crippen molar-refractivity contribution in [3.05, 3.63) is 76.5 Å². The van der Waals surface area contributed by atoms with E-state index in [0.29, 0.717) is 5.39 Å². The van der Waals surface area contributed by atoms with Gasteiger partial charge < -0.3 is 5.32 Å². The number of aromatic nitrogens is 2. The fourth-order valence-corrected chi connectivity index (χ4v) is 3.73. The zero-order valence-corrected chi connectivity index (χ0v) is 16.1. The highest BCUT2D eigenvalue weighted by molar-refractivity contribution is 5.81.